The number of aryl methyl sites for hydroxylation is 1. The summed E-state index contributed by atoms with van der Waals surface area (Å²) in [7, 11) is 0. The van der Waals surface area contributed by atoms with Crippen LogP contribution >= 0.6 is 0 Å². The van der Waals surface area contributed by atoms with Crippen LogP contribution in [-0.2, 0) is 35.1 Å². The number of hydrogen-bond donors (Lipinski definition) is 3. The minimum Gasteiger partial charge on any atom is -0.458 e. The maximum Gasteiger partial charge on any atom is 0.408 e. The first-order valence-corrected chi connectivity index (χ1v) is 14.5. The van der Waals surface area contributed by atoms with E-state index in [1.165, 1.54) is 0 Å². The molecule has 12 nitrogen and oxygen atoms in total. The number of nitrogens with one attached hydrogen (secondary N) is 2. The van der Waals surface area contributed by atoms with Crippen molar-refractivity contribution in [3.8, 4) is 6.07 Å². The van der Waals surface area contributed by atoms with Gasteiger partial charge in [0.25, 0.3) is 0 Å². The van der Waals surface area contributed by atoms with Crippen molar-refractivity contribution in [2.24, 2.45) is 5.73 Å². The Balaban J connectivity index is 2.58. The SMILES string of the molecule is Cc1ccc(C(C(=O)NC(Cc2ccccc2)C(=O)OC(C)(C)C)N(CC#N)C(=O)C(CC(N)=O)NC(=O)OC(C)(C)C)cc1. The zero-order chi connectivity index (χ0) is 33.9. The number of nitrogens with two attached hydrogens (primary N) is 1. The number of hydrogen-bond acceptors (Lipinski definition) is 8. The summed E-state index contributed by atoms with van der Waals surface area (Å²) in [5.41, 5.74) is 5.55. The van der Waals surface area contributed by atoms with Gasteiger partial charge in [-0.2, -0.15) is 5.26 Å². The molecule has 3 atom stereocenters. The standard InChI is InChI=1S/C33H43N5O7/c1-21-13-15-23(16-14-21)27(28(40)36-25(30(42)44-32(2,3)4)19-22-11-9-8-10-12-22)38(18-17-34)29(41)24(20-26(35)39)37-31(43)45-33(5,6)7/h8-16,24-25,27H,18-20H2,1-7H3,(H2,35,39)(H,36,40)(H,37,43). The molecule has 0 aliphatic heterocycles. The first kappa shape index (κ1) is 36.3. The molecule has 0 fully saturated rings. The maximum atomic E-state index is 14.1. The third kappa shape index (κ3) is 12.3. The zero-order valence-corrected chi connectivity index (χ0v) is 26.9. The van der Waals surface area contributed by atoms with Crippen LogP contribution in [0.4, 0.5) is 4.79 Å². The Labute approximate surface area is 264 Å². The Bertz CT molecular complexity index is 1390. The molecule has 45 heavy (non-hydrogen) atoms. The van der Waals surface area contributed by atoms with Crippen LogP contribution in [0.15, 0.2) is 54.6 Å². The molecule has 0 aliphatic carbocycles. The van der Waals surface area contributed by atoms with Gasteiger partial charge in [0.1, 0.15) is 35.9 Å². The Kier molecular flexibility index (Phi) is 12.7. The number of nitrogens with zero attached hydrogens (tertiary/aromatic N) is 2. The van der Waals surface area contributed by atoms with Gasteiger partial charge in [-0.25, -0.2) is 9.59 Å². The van der Waals surface area contributed by atoms with Crippen molar-refractivity contribution in [2.45, 2.75) is 90.6 Å². The quantitative estimate of drug-likeness (QED) is 0.239. The smallest absolute Gasteiger partial charge is 0.408 e. The largest absolute Gasteiger partial charge is 0.458 e. The molecule has 12 heteroatoms. The van der Waals surface area contributed by atoms with E-state index in [-0.39, 0.29) is 6.42 Å². The Morgan fingerprint density at radius 1 is 0.867 bits per heavy atom. The van der Waals surface area contributed by atoms with E-state index >= 15 is 0 Å². The van der Waals surface area contributed by atoms with Gasteiger partial charge in [0, 0.05) is 6.42 Å². The van der Waals surface area contributed by atoms with E-state index in [0.717, 1.165) is 16.0 Å². The fourth-order valence-electron chi connectivity index (χ4n) is 4.31. The highest BCUT2D eigenvalue weighted by Crippen LogP contribution is 2.24. The summed E-state index contributed by atoms with van der Waals surface area (Å²) in [4.78, 5) is 66.9. The Morgan fingerprint density at radius 3 is 1.96 bits per heavy atom. The minimum absolute atomic E-state index is 0.0822. The van der Waals surface area contributed by atoms with E-state index in [9.17, 15) is 29.2 Å². The lowest BCUT2D eigenvalue weighted by Gasteiger charge is -2.33. The number of benzene rings is 2. The van der Waals surface area contributed by atoms with Crippen LogP contribution < -0.4 is 16.4 Å². The maximum absolute atomic E-state index is 14.1. The summed E-state index contributed by atoms with van der Waals surface area (Å²) in [5.74, 6) is -3.33. The second-order valence-electron chi connectivity index (χ2n) is 12.6. The summed E-state index contributed by atoms with van der Waals surface area (Å²) >= 11 is 0. The van der Waals surface area contributed by atoms with Crippen LogP contribution in [-0.4, -0.2) is 64.5 Å². The third-order valence-corrected chi connectivity index (χ3v) is 6.16. The molecular weight excluding hydrogens is 578 g/mol. The number of alkyl carbamates (subject to hydrolysis) is 1. The molecule has 0 aliphatic rings. The van der Waals surface area contributed by atoms with Crippen LogP contribution in [0.3, 0.4) is 0 Å². The van der Waals surface area contributed by atoms with Gasteiger partial charge >= 0.3 is 12.1 Å². The normalized spacial score (nSPS) is 13.3. The summed E-state index contributed by atoms with van der Waals surface area (Å²) in [6, 6.07) is 13.4. The van der Waals surface area contributed by atoms with Gasteiger partial charge in [-0.05, 0) is 59.6 Å². The molecule has 4 N–H and O–H groups in total. The average molecular weight is 622 g/mol. The monoisotopic (exact) mass is 621 g/mol. The highest BCUT2D eigenvalue weighted by molar-refractivity contribution is 5.95. The predicted octanol–water partition coefficient (Wildman–Crippen LogP) is 3.23. The molecule has 0 aromatic heterocycles. The van der Waals surface area contributed by atoms with Crippen LogP contribution in [0.25, 0.3) is 0 Å². The molecule has 2 rings (SSSR count). The lowest BCUT2D eigenvalue weighted by atomic mass is 9.99. The first-order chi connectivity index (χ1) is 20.9. The van der Waals surface area contributed by atoms with E-state index in [0.29, 0.717) is 5.56 Å². The third-order valence-electron chi connectivity index (χ3n) is 6.16. The minimum atomic E-state index is -1.56. The van der Waals surface area contributed by atoms with Crippen molar-refractivity contribution in [2.75, 3.05) is 6.54 Å². The van der Waals surface area contributed by atoms with Gasteiger partial charge in [-0.3, -0.25) is 14.4 Å². The number of carbonyl (C=O) groups is 5. The molecular formula is C33H43N5O7. The molecule has 0 saturated heterocycles. The molecule has 2 aromatic rings. The zero-order valence-electron chi connectivity index (χ0n) is 26.9. The van der Waals surface area contributed by atoms with E-state index < -0.39 is 72.1 Å². The first-order valence-electron chi connectivity index (χ1n) is 14.5. The van der Waals surface area contributed by atoms with Crippen molar-refractivity contribution in [3.63, 3.8) is 0 Å². The second kappa shape index (κ2) is 15.7. The van der Waals surface area contributed by atoms with Gasteiger partial charge in [-0.15, -0.1) is 0 Å². The van der Waals surface area contributed by atoms with Gasteiger partial charge in [0.2, 0.25) is 17.7 Å². The van der Waals surface area contributed by atoms with Crippen molar-refractivity contribution in [1.82, 2.24) is 15.5 Å². The van der Waals surface area contributed by atoms with Crippen molar-refractivity contribution in [1.29, 1.82) is 5.26 Å². The average Bonchev–Trinajstić information content (AvgIpc) is 2.91. The van der Waals surface area contributed by atoms with Gasteiger partial charge < -0.3 is 30.7 Å². The number of esters is 1. The molecule has 0 spiro atoms. The fourth-order valence-corrected chi connectivity index (χ4v) is 4.31. The molecule has 2 aromatic carbocycles. The Hall–Kier alpha value is -4.92. The highest BCUT2D eigenvalue weighted by atomic mass is 16.6. The predicted molar refractivity (Wildman–Crippen MR) is 166 cm³/mol. The molecule has 0 bridgehead atoms. The Morgan fingerprint density at radius 2 is 1.44 bits per heavy atom. The number of ether oxygens (including phenoxy) is 2. The molecule has 0 radical (unpaired) electrons. The lowest BCUT2D eigenvalue weighted by Crippen LogP contribution is -2.55. The summed E-state index contributed by atoms with van der Waals surface area (Å²) in [5, 5.41) is 14.8. The van der Waals surface area contributed by atoms with Crippen molar-refractivity contribution < 1.29 is 33.4 Å². The number of amides is 4. The number of primary amides is 1. The number of nitriles is 1. The highest BCUT2D eigenvalue weighted by Gasteiger charge is 2.39. The van der Waals surface area contributed by atoms with Crippen LogP contribution in [0.2, 0.25) is 0 Å². The van der Waals surface area contributed by atoms with E-state index in [2.05, 4.69) is 10.6 Å². The lowest BCUT2D eigenvalue weighted by molar-refractivity contribution is -0.159. The van der Waals surface area contributed by atoms with Gasteiger partial charge in [-0.1, -0.05) is 60.2 Å². The fraction of sp³-hybridized carbons (Fsp3) is 0.455. The summed E-state index contributed by atoms with van der Waals surface area (Å²) in [6.07, 6.45) is -1.54. The molecule has 4 amide bonds. The van der Waals surface area contributed by atoms with Crippen molar-refractivity contribution in [3.05, 3.63) is 71.3 Å². The number of rotatable bonds is 12. The second-order valence-corrected chi connectivity index (χ2v) is 12.6. The molecule has 3 unspecified atom stereocenters. The summed E-state index contributed by atoms with van der Waals surface area (Å²) < 4.78 is 10.8. The van der Waals surface area contributed by atoms with Crippen LogP contribution in [0.5, 0.6) is 0 Å². The van der Waals surface area contributed by atoms with E-state index in [1.807, 2.05) is 19.1 Å². The van der Waals surface area contributed by atoms with Gasteiger partial charge in [0.15, 0.2) is 0 Å². The molecule has 242 valence electrons. The van der Waals surface area contributed by atoms with Gasteiger partial charge in [0.05, 0.1) is 12.5 Å². The molecule has 0 saturated carbocycles. The van der Waals surface area contributed by atoms with E-state index in [4.69, 9.17) is 15.2 Å². The summed E-state index contributed by atoms with van der Waals surface area (Å²) in [6.45, 7) is 11.2. The number of carbonyl (C=O) groups excluding carboxylic acids is 5. The van der Waals surface area contributed by atoms with Crippen molar-refractivity contribution >= 4 is 29.8 Å². The molecule has 0 heterocycles. The topological polar surface area (TPSA) is 181 Å². The van der Waals surface area contributed by atoms with Crippen LogP contribution in [0.1, 0.15) is 70.7 Å². The van der Waals surface area contributed by atoms with Crippen LogP contribution in [0, 0.1) is 18.3 Å². The van der Waals surface area contributed by atoms with E-state index in [1.54, 1.807) is 90.1 Å².